The molecular formula is C10H10BrN3O2. The number of aromatic nitrogens is 2. The SMILES string of the molecule is COc1cc2nc(N)c(Br)nc2cc1OC. The maximum atomic E-state index is 5.66. The Morgan fingerprint density at radius 3 is 2.06 bits per heavy atom. The van der Waals surface area contributed by atoms with Crippen LogP contribution >= 0.6 is 15.9 Å². The molecule has 16 heavy (non-hydrogen) atoms. The molecule has 0 fully saturated rings. The first-order chi connectivity index (χ1) is 7.65. The Balaban J connectivity index is 2.73. The van der Waals surface area contributed by atoms with Crippen LogP contribution in [0.25, 0.3) is 11.0 Å². The molecule has 0 amide bonds. The maximum Gasteiger partial charge on any atom is 0.163 e. The van der Waals surface area contributed by atoms with Crippen LogP contribution in [0.2, 0.25) is 0 Å². The number of hydrogen-bond donors (Lipinski definition) is 1. The molecule has 0 saturated heterocycles. The fourth-order valence-corrected chi connectivity index (χ4v) is 1.66. The lowest BCUT2D eigenvalue weighted by Crippen LogP contribution is -1.97. The second-order valence-electron chi connectivity index (χ2n) is 3.10. The zero-order chi connectivity index (χ0) is 11.7. The van der Waals surface area contributed by atoms with E-state index in [1.807, 2.05) is 0 Å². The van der Waals surface area contributed by atoms with Gasteiger partial charge in [0.15, 0.2) is 17.3 Å². The molecule has 84 valence electrons. The van der Waals surface area contributed by atoms with Crippen LogP contribution in [0.15, 0.2) is 16.7 Å². The minimum atomic E-state index is 0.347. The van der Waals surface area contributed by atoms with Gasteiger partial charge in [-0.15, -0.1) is 0 Å². The van der Waals surface area contributed by atoms with E-state index in [1.165, 1.54) is 0 Å². The molecule has 2 N–H and O–H groups in total. The number of anilines is 1. The summed E-state index contributed by atoms with van der Waals surface area (Å²) in [4.78, 5) is 8.44. The van der Waals surface area contributed by atoms with E-state index in [0.29, 0.717) is 33.0 Å². The van der Waals surface area contributed by atoms with E-state index in [-0.39, 0.29) is 0 Å². The quantitative estimate of drug-likeness (QED) is 0.913. The number of methoxy groups -OCH3 is 2. The minimum Gasteiger partial charge on any atom is -0.493 e. The van der Waals surface area contributed by atoms with Crippen LogP contribution in [0.5, 0.6) is 11.5 Å². The monoisotopic (exact) mass is 283 g/mol. The number of halogens is 1. The van der Waals surface area contributed by atoms with Crippen LogP contribution < -0.4 is 15.2 Å². The van der Waals surface area contributed by atoms with Crippen molar-refractivity contribution in [3.05, 3.63) is 16.7 Å². The van der Waals surface area contributed by atoms with Gasteiger partial charge in [-0.05, 0) is 15.9 Å². The third-order valence-electron chi connectivity index (χ3n) is 2.15. The van der Waals surface area contributed by atoms with Gasteiger partial charge in [-0.2, -0.15) is 0 Å². The van der Waals surface area contributed by atoms with Crippen LogP contribution in [0.3, 0.4) is 0 Å². The molecule has 2 rings (SSSR count). The number of hydrogen-bond acceptors (Lipinski definition) is 5. The molecule has 0 atom stereocenters. The maximum absolute atomic E-state index is 5.66. The van der Waals surface area contributed by atoms with Gasteiger partial charge >= 0.3 is 0 Å². The zero-order valence-electron chi connectivity index (χ0n) is 8.82. The van der Waals surface area contributed by atoms with Crippen LogP contribution in [0.1, 0.15) is 0 Å². The summed E-state index contributed by atoms with van der Waals surface area (Å²) in [5.74, 6) is 1.56. The molecule has 0 saturated carbocycles. The molecule has 0 aliphatic carbocycles. The van der Waals surface area contributed by atoms with E-state index >= 15 is 0 Å². The van der Waals surface area contributed by atoms with E-state index in [0.717, 1.165) is 0 Å². The normalized spacial score (nSPS) is 10.4. The number of ether oxygens (including phenoxy) is 2. The molecule has 0 spiro atoms. The predicted octanol–water partition coefficient (Wildman–Crippen LogP) is 1.99. The first-order valence-corrected chi connectivity index (χ1v) is 5.29. The summed E-state index contributed by atoms with van der Waals surface area (Å²) in [6, 6.07) is 3.50. The van der Waals surface area contributed by atoms with Crippen molar-refractivity contribution in [2.45, 2.75) is 0 Å². The Kier molecular flexibility index (Phi) is 2.82. The fraction of sp³-hybridized carbons (Fsp3) is 0.200. The highest BCUT2D eigenvalue weighted by molar-refractivity contribution is 9.10. The number of nitrogen functional groups attached to an aromatic ring is 1. The fourth-order valence-electron chi connectivity index (χ4n) is 1.38. The Morgan fingerprint density at radius 2 is 1.56 bits per heavy atom. The van der Waals surface area contributed by atoms with Crippen molar-refractivity contribution in [2.24, 2.45) is 0 Å². The predicted molar refractivity (Wildman–Crippen MR) is 64.8 cm³/mol. The van der Waals surface area contributed by atoms with E-state index in [2.05, 4.69) is 25.9 Å². The van der Waals surface area contributed by atoms with Gasteiger partial charge in [-0.3, -0.25) is 0 Å². The molecule has 5 nitrogen and oxygen atoms in total. The molecule has 1 heterocycles. The Hall–Kier alpha value is -1.56. The van der Waals surface area contributed by atoms with Crippen molar-refractivity contribution in [1.82, 2.24) is 9.97 Å². The van der Waals surface area contributed by atoms with Crippen molar-refractivity contribution < 1.29 is 9.47 Å². The number of nitrogens with zero attached hydrogens (tertiary/aromatic N) is 2. The highest BCUT2D eigenvalue weighted by Crippen LogP contribution is 2.31. The lowest BCUT2D eigenvalue weighted by atomic mass is 10.2. The van der Waals surface area contributed by atoms with Gasteiger partial charge in [-0.25, -0.2) is 9.97 Å². The minimum absolute atomic E-state index is 0.347. The van der Waals surface area contributed by atoms with Crippen molar-refractivity contribution in [3.8, 4) is 11.5 Å². The number of rotatable bonds is 2. The Morgan fingerprint density at radius 1 is 1.06 bits per heavy atom. The van der Waals surface area contributed by atoms with E-state index in [4.69, 9.17) is 15.2 Å². The molecule has 0 radical (unpaired) electrons. The third kappa shape index (κ3) is 1.76. The largest absolute Gasteiger partial charge is 0.493 e. The molecule has 0 aliphatic heterocycles. The molecule has 0 unspecified atom stereocenters. The summed E-state index contributed by atoms with van der Waals surface area (Å²) in [7, 11) is 3.14. The van der Waals surface area contributed by atoms with Gasteiger partial charge in [0.1, 0.15) is 4.60 Å². The summed E-state index contributed by atoms with van der Waals surface area (Å²) in [6.07, 6.45) is 0. The van der Waals surface area contributed by atoms with E-state index in [1.54, 1.807) is 26.4 Å². The topological polar surface area (TPSA) is 70.3 Å². The van der Waals surface area contributed by atoms with Crippen LogP contribution in [0.4, 0.5) is 5.82 Å². The average Bonchev–Trinajstić information content (AvgIpc) is 2.29. The molecule has 1 aromatic carbocycles. The average molecular weight is 284 g/mol. The van der Waals surface area contributed by atoms with Gasteiger partial charge in [0.25, 0.3) is 0 Å². The summed E-state index contributed by atoms with van der Waals surface area (Å²) in [6.45, 7) is 0. The smallest absolute Gasteiger partial charge is 0.163 e. The molecular weight excluding hydrogens is 274 g/mol. The Bertz CT molecular complexity index is 497. The second-order valence-corrected chi connectivity index (χ2v) is 3.85. The van der Waals surface area contributed by atoms with Gasteiger partial charge in [-0.1, -0.05) is 0 Å². The molecule has 0 aliphatic rings. The van der Waals surface area contributed by atoms with E-state index in [9.17, 15) is 0 Å². The first-order valence-electron chi connectivity index (χ1n) is 4.50. The van der Waals surface area contributed by atoms with Gasteiger partial charge in [0.05, 0.1) is 25.3 Å². The number of fused-ring (bicyclic) bond motifs is 1. The summed E-state index contributed by atoms with van der Waals surface area (Å²) < 4.78 is 10.9. The van der Waals surface area contributed by atoms with Crippen molar-refractivity contribution in [2.75, 3.05) is 20.0 Å². The Labute approximate surface area is 101 Å². The van der Waals surface area contributed by atoms with E-state index < -0.39 is 0 Å². The van der Waals surface area contributed by atoms with Crippen molar-refractivity contribution in [3.63, 3.8) is 0 Å². The lowest BCUT2D eigenvalue weighted by Gasteiger charge is -2.08. The van der Waals surface area contributed by atoms with Crippen LogP contribution in [0, 0.1) is 0 Å². The van der Waals surface area contributed by atoms with Gasteiger partial charge in [0.2, 0.25) is 0 Å². The first kappa shape index (κ1) is 10.9. The van der Waals surface area contributed by atoms with Crippen LogP contribution in [-0.2, 0) is 0 Å². The number of benzene rings is 1. The summed E-state index contributed by atoms with van der Waals surface area (Å²) in [5, 5.41) is 0. The molecule has 2 aromatic rings. The lowest BCUT2D eigenvalue weighted by molar-refractivity contribution is 0.355. The molecule has 6 heteroatoms. The van der Waals surface area contributed by atoms with Crippen molar-refractivity contribution in [1.29, 1.82) is 0 Å². The summed E-state index contributed by atoms with van der Waals surface area (Å²) >= 11 is 3.23. The van der Waals surface area contributed by atoms with Crippen molar-refractivity contribution >= 4 is 32.8 Å². The second kappa shape index (κ2) is 4.13. The standard InChI is InChI=1S/C10H10BrN3O2/c1-15-7-3-5-6(4-8(7)16-2)14-10(12)9(11)13-5/h3-4H,1-2H3,(H2,12,14). The highest BCUT2D eigenvalue weighted by atomic mass is 79.9. The van der Waals surface area contributed by atoms with Gasteiger partial charge < -0.3 is 15.2 Å². The van der Waals surface area contributed by atoms with Crippen LogP contribution in [-0.4, -0.2) is 24.2 Å². The molecule has 1 aromatic heterocycles. The number of nitrogens with two attached hydrogens (primary N) is 1. The van der Waals surface area contributed by atoms with Gasteiger partial charge in [0, 0.05) is 12.1 Å². The summed E-state index contributed by atoms with van der Waals surface area (Å²) in [5.41, 5.74) is 7.01. The highest BCUT2D eigenvalue weighted by Gasteiger charge is 2.09. The third-order valence-corrected chi connectivity index (χ3v) is 2.74. The molecule has 0 bridgehead atoms. The zero-order valence-corrected chi connectivity index (χ0v) is 10.4.